The third kappa shape index (κ3) is 6.07. The Bertz CT molecular complexity index is 133. The normalized spacial score (nSPS) is 14.6. The molecule has 1 atom stereocenters. The summed E-state index contributed by atoms with van der Waals surface area (Å²) < 4.78 is 0. The second kappa shape index (κ2) is 3.88. The van der Waals surface area contributed by atoms with Gasteiger partial charge in [-0.15, -0.1) is 0 Å². The molecule has 0 rings (SSSR count). The topological polar surface area (TPSA) is 40.5 Å². The largest absolute Gasteiger partial charge is 0.390 e. The quantitative estimate of drug-likeness (QED) is 0.608. The summed E-state index contributed by atoms with van der Waals surface area (Å²) >= 11 is 0. The minimum absolute atomic E-state index is 0.471. The molecule has 0 bridgehead atoms. The van der Waals surface area contributed by atoms with E-state index in [1.807, 2.05) is 0 Å². The fourth-order valence-corrected chi connectivity index (χ4v) is 0.736. The van der Waals surface area contributed by atoms with Gasteiger partial charge in [0.15, 0.2) is 0 Å². The summed E-state index contributed by atoms with van der Waals surface area (Å²) in [7, 11) is 0. The highest BCUT2D eigenvalue weighted by atomic mass is 16.3. The number of aliphatic hydroxyl groups is 2. The molecule has 2 heteroatoms. The molecule has 11 heavy (non-hydrogen) atoms. The van der Waals surface area contributed by atoms with Gasteiger partial charge in [0.2, 0.25) is 0 Å². The average molecular weight is 158 g/mol. The molecule has 0 aromatic rings. The third-order valence-electron chi connectivity index (χ3n) is 1.60. The van der Waals surface area contributed by atoms with Gasteiger partial charge in [-0.1, -0.05) is 12.2 Å². The molecule has 0 fully saturated rings. The fraction of sp³-hybridized carbons (Fsp3) is 0.778. The zero-order valence-corrected chi connectivity index (χ0v) is 7.59. The molecule has 0 spiro atoms. The van der Waals surface area contributed by atoms with E-state index in [-0.39, 0.29) is 0 Å². The molecule has 0 radical (unpaired) electrons. The SMILES string of the molecule is C=C(C)C(O)CCC(C)(C)O. The number of rotatable bonds is 4. The van der Waals surface area contributed by atoms with Gasteiger partial charge < -0.3 is 10.2 Å². The lowest BCUT2D eigenvalue weighted by atomic mass is 9.98. The van der Waals surface area contributed by atoms with Gasteiger partial charge in [-0.05, 0) is 33.6 Å². The van der Waals surface area contributed by atoms with Gasteiger partial charge in [0.05, 0.1) is 11.7 Å². The highest BCUT2D eigenvalue weighted by molar-refractivity contribution is 4.96. The standard InChI is InChI=1S/C9H18O2/c1-7(2)8(10)5-6-9(3,4)11/h8,10-11H,1,5-6H2,2-4H3. The first kappa shape index (κ1) is 10.7. The summed E-state index contributed by atoms with van der Waals surface area (Å²) in [4.78, 5) is 0. The Hall–Kier alpha value is -0.340. The highest BCUT2D eigenvalue weighted by Crippen LogP contribution is 2.14. The Morgan fingerprint density at radius 1 is 1.55 bits per heavy atom. The van der Waals surface area contributed by atoms with E-state index in [2.05, 4.69) is 6.58 Å². The minimum Gasteiger partial charge on any atom is -0.390 e. The zero-order valence-electron chi connectivity index (χ0n) is 7.59. The van der Waals surface area contributed by atoms with Crippen molar-refractivity contribution in [2.24, 2.45) is 0 Å². The van der Waals surface area contributed by atoms with Crippen molar-refractivity contribution in [3.63, 3.8) is 0 Å². The van der Waals surface area contributed by atoms with Crippen LogP contribution < -0.4 is 0 Å². The summed E-state index contributed by atoms with van der Waals surface area (Å²) in [6, 6.07) is 0. The van der Waals surface area contributed by atoms with Crippen molar-refractivity contribution in [1.82, 2.24) is 0 Å². The summed E-state index contributed by atoms with van der Waals surface area (Å²) in [5, 5.41) is 18.6. The highest BCUT2D eigenvalue weighted by Gasteiger charge is 2.15. The molecule has 0 aliphatic carbocycles. The average Bonchev–Trinajstić information content (AvgIpc) is 1.80. The van der Waals surface area contributed by atoms with E-state index in [4.69, 9.17) is 0 Å². The summed E-state index contributed by atoms with van der Waals surface area (Å²) in [5.74, 6) is 0. The van der Waals surface area contributed by atoms with E-state index >= 15 is 0 Å². The second-order valence-electron chi connectivity index (χ2n) is 3.71. The summed E-state index contributed by atoms with van der Waals surface area (Å²) in [6.45, 7) is 8.88. The maximum atomic E-state index is 9.31. The predicted octanol–water partition coefficient (Wildman–Crippen LogP) is 1.47. The van der Waals surface area contributed by atoms with Gasteiger partial charge in [-0.3, -0.25) is 0 Å². The van der Waals surface area contributed by atoms with Crippen molar-refractivity contribution in [3.8, 4) is 0 Å². The molecule has 2 nitrogen and oxygen atoms in total. The number of hydrogen-bond donors (Lipinski definition) is 2. The first-order valence-electron chi connectivity index (χ1n) is 3.89. The molecule has 0 aliphatic heterocycles. The Kier molecular flexibility index (Phi) is 3.76. The lowest BCUT2D eigenvalue weighted by Gasteiger charge is -2.19. The molecule has 1 unspecified atom stereocenters. The van der Waals surface area contributed by atoms with Gasteiger partial charge in [0.25, 0.3) is 0 Å². The minimum atomic E-state index is -0.684. The van der Waals surface area contributed by atoms with E-state index < -0.39 is 11.7 Å². The van der Waals surface area contributed by atoms with Gasteiger partial charge in [0.1, 0.15) is 0 Å². The Balaban J connectivity index is 3.63. The molecule has 0 saturated carbocycles. The monoisotopic (exact) mass is 158 g/mol. The van der Waals surface area contributed by atoms with Crippen molar-refractivity contribution in [3.05, 3.63) is 12.2 Å². The molecule has 2 N–H and O–H groups in total. The Labute approximate surface area is 68.6 Å². The Morgan fingerprint density at radius 2 is 2.00 bits per heavy atom. The van der Waals surface area contributed by atoms with Crippen molar-refractivity contribution in [1.29, 1.82) is 0 Å². The van der Waals surface area contributed by atoms with E-state index in [0.717, 1.165) is 5.57 Å². The van der Waals surface area contributed by atoms with E-state index in [1.165, 1.54) is 0 Å². The van der Waals surface area contributed by atoms with Crippen LogP contribution in [0.3, 0.4) is 0 Å². The van der Waals surface area contributed by atoms with Gasteiger partial charge in [-0.2, -0.15) is 0 Å². The second-order valence-corrected chi connectivity index (χ2v) is 3.71. The van der Waals surface area contributed by atoms with Crippen molar-refractivity contribution in [2.75, 3.05) is 0 Å². The van der Waals surface area contributed by atoms with Crippen LogP contribution in [-0.2, 0) is 0 Å². The molecule has 0 saturated heterocycles. The maximum Gasteiger partial charge on any atom is 0.0745 e. The van der Waals surface area contributed by atoms with Crippen molar-refractivity contribution in [2.45, 2.75) is 45.3 Å². The van der Waals surface area contributed by atoms with Crippen molar-refractivity contribution >= 4 is 0 Å². The van der Waals surface area contributed by atoms with Crippen LogP contribution in [0.2, 0.25) is 0 Å². The van der Waals surface area contributed by atoms with Crippen LogP contribution in [0.25, 0.3) is 0 Å². The molecule has 0 heterocycles. The van der Waals surface area contributed by atoms with Crippen LogP contribution in [-0.4, -0.2) is 21.9 Å². The lowest BCUT2D eigenvalue weighted by molar-refractivity contribution is 0.0544. The molecule has 0 aliphatic rings. The summed E-state index contributed by atoms with van der Waals surface area (Å²) in [5.41, 5.74) is 0.0745. The van der Waals surface area contributed by atoms with Crippen LogP contribution in [0.4, 0.5) is 0 Å². The van der Waals surface area contributed by atoms with Crippen molar-refractivity contribution < 1.29 is 10.2 Å². The predicted molar refractivity (Wildman–Crippen MR) is 46.4 cm³/mol. The molecule has 0 aromatic carbocycles. The molecular formula is C9H18O2. The smallest absolute Gasteiger partial charge is 0.0745 e. The summed E-state index contributed by atoms with van der Waals surface area (Å²) in [6.07, 6.45) is 0.710. The maximum absolute atomic E-state index is 9.31. The van der Waals surface area contributed by atoms with Crippen LogP contribution in [0.15, 0.2) is 12.2 Å². The number of hydrogen-bond acceptors (Lipinski definition) is 2. The van der Waals surface area contributed by atoms with Crippen LogP contribution in [0.1, 0.15) is 33.6 Å². The molecule has 0 aromatic heterocycles. The van der Waals surface area contributed by atoms with Gasteiger partial charge in [-0.25, -0.2) is 0 Å². The number of aliphatic hydroxyl groups excluding tert-OH is 1. The molecule has 0 amide bonds. The first-order chi connectivity index (χ1) is 4.83. The zero-order chi connectivity index (χ0) is 9.07. The first-order valence-corrected chi connectivity index (χ1v) is 3.89. The lowest BCUT2D eigenvalue weighted by Crippen LogP contribution is -2.21. The van der Waals surface area contributed by atoms with Crippen LogP contribution in [0.5, 0.6) is 0 Å². The molecular weight excluding hydrogens is 140 g/mol. The fourth-order valence-electron chi connectivity index (χ4n) is 0.736. The van der Waals surface area contributed by atoms with Gasteiger partial charge in [0, 0.05) is 0 Å². The molecule has 66 valence electrons. The van der Waals surface area contributed by atoms with E-state index in [9.17, 15) is 10.2 Å². The van der Waals surface area contributed by atoms with Crippen LogP contribution >= 0.6 is 0 Å². The van der Waals surface area contributed by atoms with Crippen LogP contribution in [0, 0.1) is 0 Å². The Morgan fingerprint density at radius 3 is 2.27 bits per heavy atom. The third-order valence-corrected chi connectivity index (χ3v) is 1.60. The van der Waals surface area contributed by atoms with E-state index in [1.54, 1.807) is 20.8 Å². The van der Waals surface area contributed by atoms with Gasteiger partial charge >= 0.3 is 0 Å². The van der Waals surface area contributed by atoms with E-state index in [0.29, 0.717) is 12.8 Å².